The second-order valence-corrected chi connectivity index (χ2v) is 14.6. The Kier molecular flexibility index (Phi) is 8.63. The molecule has 1 saturated heterocycles. The van der Waals surface area contributed by atoms with E-state index < -0.39 is 11.6 Å². The summed E-state index contributed by atoms with van der Waals surface area (Å²) in [7, 11) is 0. The van der Waals surface area contributed by atoms with E-state index in [2.05, 4.69) is 56.3 Å². The molecular weight excluding hydrogens is 658 g/mol. The predicted molar refractivity (Wildman–Crippen MR) is 189 cm³/mol. The number of para-hydroxylation sites is 1. The molecule has 3 atom stereocenters. The average Bonchev–Trinajstić information content (AvgIpc) is 3.42. The maximum atomic E-state index is 14.9. The summed E-state index contributed by atoms with van der Waals surface area (Å²) in [4.78, 5) is 22.5. The molecule has 50 heavy (non-hydrogen) atoms. The van der Waals surface area contributed by atoms with E-state index in [1.807, 2.05) is 24.3 Å². The Morgan fingerprint density at radius 3 is 2.68 bits per heavy atom. The number of fused-ring (bicyclic) bond motifs is 3. The molecule has 1 aliphatic carbocycles. The van der Waals surface area contributed by atoms with Crippen molar-refractivity contribution in [2.45, 2.75) is 70.5 Å². The highest BCUT2D eigenvalue weighted by Crippen LogP contribution is 2.52. The Morgan fingerprint density at radius 2 is 1.88 bits per heavy atom. The van der Waals surface area contributed by atoms with Crippen molar-refractivity contribution in [1.29, 1.82) is 0 Å². The van der Waals surface area contributed by atoms with Crippen molar-refractivity contribution in [3.63, 3.8) is 0 Å². The second kappa shape index (κ2) is 13.1. The zero-order chi connectivity index (χ0) is 34.6. The summed E-state index contributed by atoms with van der Waals surface area (Å²) >= 11 is 6.79. The number of nitrogens with one attached hydrogen (secondary N) is 1. The van der Waals surface area contributed by atoms with E-state index in [-0.39, 0.29) is 52.9 Å². The summed E-state index contributed by atoms with van der Waals surface area (Å²) in [5, 5.41) is 10.3. The minimum Gasteiger partial charge on any atom is -0.491 e. The number of nitrogens with zero attached hydrogens (tertiary/aromatic N) is 5. The molecule has 3 unspecified atom stereocenters. The van der Waals surface area contributed by atoms with Crippen LogP contribution in [0.1, 0.15) is 74.7 Å². The molecule has 11 heteroatoms. The first-order chi connectivity index (χ1) is 24.2. The van der Waals surface area contributed by atoms with Gasteiger partial charge in [-0.2, -0.15) is 4.39 Å². The van der Waals surface area contributed by atoms with Gasteiger partial charge in [0, 0.05) is 58.7 Å². The lowest BCUT2D eigenvalue weighted by atomic mass is 9.83. The van der Waals surface area contributed by atoms with Crippen LogP contribution in [-0.2, 0) is 11.3 Å². The molecule has 5 aromatic rings. The number of hydrogen-bond acceptors (Lipinski definition) is 5. The van der Waals surface area contributed by atoms with Crippen molar-refractivity contribution in [3.05, 3.63) is 100 Å². The Balaban J connectivity index is 0.973. The quantitative estimate of drug-likeness (QED) is 0.159. The van der Waals surface area contributed by atoms with Crippen molar-refractivity contribution < 1.29 is 18.3 Å². The third-order valence-electron chi connectivity index (χ3n) is 11.1. The van der Waals surface area contributed by atoms with Gasteiger partial charge in [-0.25, -0.2) is 4.39 Å². The Morgan fingerprint density at radius 1 is 1.08 bits per heavy atom. The zero-order valence-corrected chi connectivity index (χ0v) is 29.1. The topological polar surface area (TPSA) is 79.3 Å². The highest BCUT2D eigenvalue weighted by Gasteiger charge is 2.49. The SMILES string of the molecule is CCOc1ccc(-c2cn(CC3CCCN3CC3(CC(=O)N4CC(c5ccccc5Cl)c5c([nH]c6ccccc56)C4C)CC3)nn2)c(F)c1F. The van der Waals surface area contributed by atoms with Gasteiger partial charge in [0.05, 0.1) is 25.4 Å². The second-order valence-electron chi connectivity index (χ2n) is 14.2. The van der Waals surface area contributed by atoms with Crippen LogP contribution >= 0.6 is 11.6 Å². The lowest BCUT2D eigenvalue weighted by Crippen LogP contribution is -2.44. The molecule has 8 rings (SSSR count). The van der Waals surface area contributed by atoms with Gasteiger partial charge in [-0.05, 0) is 86.9 Å². The lowest BCUT2D eigenvalue weighted by Gasteiger charge is -2.40. The van der Waals surface area contributed by atoms with Crippen LogP contribution in [-0.4, -0.2) is 68.0 Å². The molecule has 3 aromatic carbocycles. The maximum absolute atomic E-state index is 14.9. The number of aromatic nitrogens is 4. The number of likely N-dealkylation sites (tertiary alicyclic amines) is 1. The Labute approximate surface area is 295 Å². The van der Waals surface area contributed by atoms with E-state index in [4.69, 9.17) is 16.3 Å². The molecule has 3 aliphatic rings. The van der Waals surface area contributed by atoms with Crippen molar-refractivity contribution in [1.82, 2.24) is 29.8 Å². The summed E-state index contributed by atoms with van der Waals surface area (Å²) in [6, 6.07) is 19.4. The molecule has 260 valence electrons. The summed E-state index contributed by atoms with van der Waals surface area (Å²) in [5.41, 5.74) is 4.71. The molecule has 2 aromatic heterocycles. The molecule has 1 N–H and O–H groups in total. The van der Waals surface area contributed by atoms with Crippen molar-refractivity contribution in [3.8, 4) is 17.0 Å². The third-order valence-corrected chi connectivity index (χ3v) is 11.4. The number of carbonyl (C=O) groups is 1. The van der Waals surface area contributed by atoms with Crippen LogP contribution in [0.15, 0.2) is 66.9 Å². The van der Waals surface area contributed by atoms with Crippen LogP contribution in [0.25, 0.3) is 22.2 Å². The van der Waals surface area contributed by atoms with Crippen LogP contribution in [0.2, 0.25) is 5.02 Å². The van der Waals surface area contributed by atoms with Crippen LogP contribution in [0.4, 0.5) is 8.78 Å². The van der Waals surface area contributed by atoms with Gasteiger partial charge >= 0.3 is 0 Å². The van der Waals surface area contributed by atoms with E-state index >= 15 is 0 Å². The molecule has 8 nitrogen and oxygen atoms in total. The number of halogens is 3. The average molecular weight is 699 g/mol. The summed E-state index contributed by atoms with van der Waals surface area (Å²) in [6.45, 7) is 7.06. The predicted octanol–water partition coefficient (Wildman–Crippen LogP) is 8.13. The normalized spacial score (nSPS) is 21.5. The minimum atomic E-state index is -1.02. The first kappa shape index (κ1) is 32.9. The fourth-order valence-electron chi connectivity index (χ4n) is 8.27. The molecule has 1 saturated carbocycles. The molecule has 0 bridgehead atoms. The fourth-order valence-corrected chi connectivity index (χ4v) is 8.54. The van der Waals surface area contributed by atoms with Crippen LogP contribution < -0.4 is 4.74 Å². The highest BCUT2D eigenvalue weighted by atomic mass is 35.5. The first-order valence-electron chi connectivity index (χ1n) is 17.6. The third kappa shape index (κ3) is 5.96. The van der Waals surface area contributed by atoms with Gasteiger partial charge in [-0.3, -0.25) is 14.4 Å². The number of carbonyl (C=O) groups excluding carboxylic acids is 1. The molecular formula is C39H41ClF2N6O2. The molecule has 4 heterocycles. The van der Waals surface area contributed by atoms with E-state index in [9.17, 15) is 13.6 Å². The number of hydrogen-bond donors (Lipinski definition) is 1. The fraction of sp³-hybridized carbons (Fsp3) is 0.410. The number of aromatic amines is 1. The molecule has 0 radical (unpaired) electrons. The summed E-state index contributed by atoms with van der Waals surface area (Å²) in [6.07, 6.45) is 6.27. The monoisotopic (exact) mass is 698 g/mol. The van der Waals surface area contributed by atoms with Gasteiger partial charge in [0.2, 0.25) is 11.7 Å². The number of ether oxygens (including phenoxy) is 1. The number of rotatable bonds is 10. The van der Waals surface area contributed by atoms with Gasteiger partial charge in [0.1, 0.15) is 5.69 Å². The van der Waals surface area contributed by atoms with E-state index in [0.29, 0.717) is 24.5 Å². The molecule has 2 aliphatic heterocycles. The van der Waals surface area contributed by atoms with Gasteiger partial charge in [0.25, 0.3) is 0 Å². The van der Waals surface area contributed by atoms with Crippen molar-refractivity contribution >= 4 is 28.4 Å². The summed E-state index contributed by atoms with van der Waals surface area (Å²) < 4.78 is 36.3. The smallest absolute Gasteiger partial charge is 0.223 e. The Hall–Kier alpha value is -4.28. The lowest BCUT2D eigenvalue weighted by molar-refractivity contribution is -0.135. The minimum absolute atomic E-state index is 0.0340. The largest absolute Gasteiger partial charge is 0.491 e. The number of benzene rings is 3. The Bertz CT molecular complexity index is 2060. The first-order valence-corrected chi connectivity index (χ1v) is 18.0. The standard InChI is InChI=1S/C39H41ClF2N6O2/c1-3-50-33-15-14-28(36(41)37(33)42)32-22-47(45-44-32)20-25-9-8-18-46(25)23-39(16-17-39)19-34(49)48-21-29(26-10-4-6-12-30(26)40)35-27-11-5-7-13-31(27)43-38(35)24(48)2/h4-7,10-15,22,24-25,29,43H,3,8-9,16-21,23H2,1-2H3. The van der Waals surface area contributed by atoms with Crippen LogP contribution in [0, 0.1) is 17.0 Å². The zero-order valence-electron chi connectivity index (χ0n) is 28.3. The maximum Gasteiger partial charge on any atom is 0.223 e. The summed E-state index contributed by atoms with van der Waals surface area (Å²) in [5.74, 6) is -1.99. The molecule has 2 fully saturated rings. The number of amides is 1. The van der Waals surface area contributed by atoms with E-state index in [1.165, 1.54) is 23.1 Å². The van der Waals surface area contributed by atoms with Gasteiger partial charge in [-0.1, -0.05) is 53.2 Å². The molecule has 1 amide bonds. The van der Waals surface area contributed by atoms with Gasteiger partial charge in [0.15, 0.2) is 11.6 Å². The van der Waals surface area contributed by atoms with E-state index in [1.54, 1.807) is 17.8 Å². The van der Waals surface area contributed by atoms with Crippen molar-refractivity contribution in [2.24, 2.45) is 5.41 Å². The van der Waals surface area contributed by atoms with Crippen LogP contribution in [0.3, 0.4) is 0 Å². The highest BCUT2D eigenvalue weighted by molar-refractivity contribution is 6.31. The van der Waals surface area contributed by atoms with E-state index in [0.717, 1.165) is 55.5 Å². The van der Waals surface area contributed by atoms with Crippen molar-refractivity contribution in [2.75, 3.05) is 26.2 Å². The number of H-pyrrole nitrogens is 1. The van der Waals surface area contributed by atoms with Crippen LogP contribution in [0.5, 0.6) is 5.75 Å². The van der Waals surface area contributed by atoms with Gasteiger partial charge in [-0.15, -0.1) is 5.10 Å². The molecule has 0 spiro atoms. The van der Waals surface area contributed by atoms with Gasteiger partial charge < -0.3 is 14.6 Å².